The Kier molecular flexibility index (Phi) is 5.58. The van der Waals surface area contributed by atoms with Gasteiger partial charge in [-0.15, -0.1) is 0 Å². The molecular formula is C16H25FN4O2. The van der Waals surface area contributed by atoms with Gasteiger partial charge in [0, 0.05) is 31.5 Å². The molecule has 2 unspecified atom stereocenters. The van der Waals surface area contributed by atoms with Crippen molar-refractivity contribution in [2.75, 3.05) is 26.2 Å². The Bertz CT molecular complexity index is 497. The summed E-state index contributed by atoms with van der Waals surface area (Å²) >= 11 is 0. The van der Waals surface area contributed by atoms with Crippen LogP contribution in [0.4, 0.5) is 4.39 Å². The lowest BCUT2D eigenvalue weighted by Crippen LogP contribution is -2.49. The molecule has 128 valence electrons. The lowest BCUT2D eigenvalue weighted by atomic mass is 9.99. The van der Waals surface area contributed by atoms with E-state index in [-0.39, 0.29) is 31.3 Å². The van der Waals surface area contributed by atoms with E-state index in [4.69, 9.17) is 5.26 Å². The number of alkyl halides is 1. The summed E-state index contributed by atoms with van der Waals surface area (Å²) in [6.07, 6.45) is 1.36. The molecule has 0 aromatic carbocycles. The normalized spacial score (nSPS) is 24.8. The van der Waals surface area contributed by atoms with E-state index in [2.05, 4.69) is 5.32 Å². The highest BCUT2D eigenvalue weighted by molar-refractivity contribution is 5.80. The molecule has 0 aromatic heterocycles. The topological polar surface area (TPSA) is 76.4 Å². The van der Waals surface area contributed by atoms with E-state index >= 15 is 0 Å². The number of nitrogens with zero attached hydrogens (tertiary/aromatic N) is 3. The Morgan fingerprint density at radius 1 is 1.30 bits per heavy atom. The van der Waals surface area contributed by atoms with E-state index < -0.39 is 17.8 Å². The first-order valence-electron chi connectivity index (χ1n) is 8.18. The second-order valence-electron chi connectivity index (χ2n) is 7.03. The maximum atomic E-state index is 13.4. The van der Waals surface area contributed by atoms with Gasteiger partial charge in [-0.05, 0) is 26.7 Å². The van der Waals surface area contributed by atoms with Crippen LogP contribution < -0.4 is 5.32 Å². The van der Waals surface area contributed by atoms with Gasteiger partial charge < -0.3 is 15.1 Å². The van der Waals surface area contributed by atoms with Crippen molar-refractivity contribution in [3.63, 3.8) is 0 Å². The summed E-state index contributed by atoms with van der Waals surface area (Å²) < 4.78 is 13.4. The van der Waals surface area contributed by atoms with Crippen molar-refractivity contribution >= 4 is 11.8 Å². The van der Waals surface area contributed by atoms with Crippen LogP contribution in [0, 0.1) is 11.3 Å². The highest BCUT2D eigenvalue weighted by Crippen LogP contribution is 2.20. The van der Waals surface area contributed by atoms with Gasteiger partial charge in [-0.2, -0.15) is 5.26 Å². The second-order valence-corrected chi connectivity index (χ2v) is 7.03. The van der Waals surface area contributed by atoms with Gasteiger partial charge in [-0.25, -0.2) is 4.39 Å². The molecule has 0 radical (unpaired) electrons. The van der Waals surface area contributed by atoms with Crippen LogP contribution >= 0.6 is 0 Å². The fourth-order valence-corrected chi connectivity index (χ4v) is 3.12. The van der Waals surface area contributed by atoms with Crippen LogP contribution in [-0.2, 0) is 9.59 Å². The molecule has 23 heavy (non-hydrogen) atoms. The Balaban J connectivity index is 1.82. The summed E-state index contributed by atoms with van der Waals surface area (Å²) in [7, 11) is 0. The number of hydrogen-bond acceptors (Lipinski definition) is 4. The molecule has 0 bridgehead atoms. The Morgan fingerprint density at radius 3 is 2.57 bits per heavy atom. The fraction of sp³-hybridized carbons (Fsp3) is 0.812. The van der Waals surface area contributed by atoms with Crippen LogP contribution in [-0.4, -0.2) is 65.5 Å². The van der Waals surface area contributed by atoms with E-state index in [0.717, 1.165) is 25.9 Å². The molecule has 1 N–H and O–H groups in total. The van der Waals surface area contributed by atoms with Crippen LogP contribution in [0.3, 0.4) is 0 Å². The molecule has 6 nitrogen and oxygen atoms in total. The van der Waals surface area contributed by atoms with Gasteiger partial charge in [-0.1, -0.05) is 0 Å². The van der Waals surface area contributed by atoms with Gasteiger partial charge >= 0.3 is 0 Å². The Labute approximate surface area is 136 Å². The lowest BCUT2D eigenvalue weighted by molar-refractivity contribution is -0.133. The van der Waals surface area contributed by atoms with E-state index in [1.807, 2.05) is 24.8 Å². The smallest absolute Gasteiger partial charge is 0.237 e. The van der Waals surface area contributed by atoms with Gasteiger partial charge in [0.1, 0.15) is 12.2 Å². The van der Waals surface area contributed by atoms with Crippen molar-refractivity contribution in [3.05, 3.63) is 0 Å². The molecule has 2 fully saturated rings. The molecule has 2 aliphatic heterocycles. The number of carbonyl (C=O) groups is 2. The van der Waals surface area contributed by atoms with Crippen molar-refractivity contribution in [1.82, 2.24) is 15.1 Å². The zero-order valence-electron chi connectivity index (χ0n) is 13.8. The third kappa shape index (κ3) is 4.64. The number of nitrogens with one attached hydrogen (secondary N) is 1. The standard InChI is InChI=1S/C16H25FN4O2/c1-16(2,8-14(22)20-5-3-4-6-20)19-10-15(23)21-11-12(17)7-13(21)9-18/h12-13,19H,3-8,10-11H2,1-2H3. The van der Waals surface area contributed by atoms with Gasteiger partial charge in [0.25, 0.3) is 0 Å². The molecule has 2 atom stereocenters. The van der Waals surface area contributed by atoms with Gasteiger partial charge in [0.2, 0.25) is 11.8 Å². The van der Waals surface area contributed by atoms with Crippen LogP contribution in [0.2, 0.25) is 0 Å². The lowest BCUT2D eigenvalue weighted by Gasteiger charge is -2.29. The molecular weight excluding hydrogens is 299 g/mol. The van der Waals surface area contributed by atoms with Crippen molar-refractivity contribution in [2.45, 2.75) is 57.3 Å². The Hall–Kier alpha value is -1.68. The highest BCUT2D eigenvalue weighted by atomic mass is 19.1. The summed E-state index contributed by atoms with van der Waals surface area (Å²) in [5, 5.41) is 12.1. The first kappa shape index (κ1) is 17.7. The number of likely N-dealkylation sites (tertiary alicyclic amines) is 2. The minimum Gasteiger partial charge on any atom is -0.343 e. The van der Waals surface area contributed by atoms with Gasteiger partial charge in [0.15, 0.2) is 0 Å². The average molecular weight is 324 g/mol. The van der Waals surface area contributed by atoms with Crippen LogP contribution in [0.5, 0.6) is 0 Å². The monoisotopic (exact) mass is 324 g/mol. The number of hydrogen-bond donors (Lipinski definition) is 1. The Morgan fingerprint density at radius 2 is 1.96 bits per heavy atom. The average Bonchev–Trinajstić information content (AvgIpc) is 3.13. The molecule has 7 heteroatoms. The molecule has 2 amide bonds. The summed E-state index contributed by atoms with van der Waals surface area (Å²) in [5.41, 5.74) is -0.522. The van der Waals surface area contributed by atoms with E-state index in [1.165, 1.54) is 4.90 Å². The van der Waals surface area contributed by atoms with E-state index in [9.17, 15) is 14.0 Å². The van der Waals surface area contributed by atoms with E-state index in [0.29, 0.717) is 6.42 Å². The number of amides is 2. The third-order valence-electron chi connectivity index (χ3n) is 4.49. The minimum atomic E-state index is -1.13. The summed E-state index contributed by atoms with van der Waals surface area (Å²) in [6, 6.07) is 1.28. The van der Waals surface area contributed by atoms with Crippen molar-refractivity contribution in [1.29, 1.82) is 5.26 Å². The fourth-order valence-electron chi connectivity index (χ4n) is 3.12. The number of nitriles is 1. The van der Waals surface area contributed by atoms with Crippen molar-refractivity contribution in [3.8, 4) is 6.07 Å². The third-order valence-corrected chi connectivity index (χ3v) is 4.49. The van der Waals surface area contributed by atoms with Crippen LogP contribution in [0.25, 0.3) is 0 Å². The first-order chi connectivity index (χ1) is 10.8. The predicted octanol–water partition coefficient (Wildman–Crippen LogP) is 0.830. The quantitative estimate of drug-likeness (QED) is 0.813. The number of halogens is 1. The summed E-state index contributed by atoms with van der Waals surface area (Å²) in [5.74, 6) is -0.203. The molecule has 0 spiro atoms. The molecule has 0 aliphatic carbocycles. The maximum Gasteiger partial charge on any atom is 0.237 e. The van der Waals surface area contributed by atoms with Crippen molar-refractivity contribution < 1.29 is 14.0 Å². The zero-order valence-corrected chi connectivity index (χ0v) is 13.8. The first-order valence-corrected chi connectivity index (χ1v) is 8.18. The molecule has 2 aliphatic rings. The number of rotatable bonds is 5. The minimum absolute atomic E-state index is 0.00514. The van der Waals surface area contributed by atoms with Gasteiger partial charge in [-0.3, -0.25) is 9.59 Å². The molecule has 2 saturated heterocycles. The van der Waals surface area contributed by atoms with Crippen molar-refractivity contribution in [2.24, 2.45) is 0 Å². The summed E-state index contributed by atoms with van der Waals surface area (Å²) in [6.45, 7) is 5.35. The molecule has 0 aromatic rings. The van der Waals surface area contributed by atoms with Crippen LogP contribution in [0.1, 0.15) is 39.5 Å². The largest absolute Gasteiger partial charge is 0.343 e. The predicted molar refractivity (Wildman–Crippen MR) is 83.1 cm³/mol. The maximum absolute atomic E-state index is 13.4. The van der Waals surface area contributed by atoms with Gasteiger partial charge in [0.05, 0.1) is 19.2 Å². The molecule has 0 saturated carbocycles. The highest BCUT2D eigenvalue weighted by Gasteiger charge is 2.36. The SMILES string of the molecule is CC(C)(CC(=O)N1CCCC1)NCC(=O)N1CC(F)CC1C#N. The molecule has 2 rings (SSSR count). The summed E-state index contributed by atoms with van der Waals surface area (Å²) in [4.78, 5) is 27.5. The van der Waals surface area contributed by atoms with E-state index in [1.54, 1.807) is 0 Å². The second kappa shape index (κ2) is 7.26. The zero-order chi connectivity index (χ0) is 17.0. The number of carbonyl (C=O) groups excluding carboxylic acids is 2. The van der Waals surface area contributed by atoms with Crippen LogP contribution in [0.15, 0.2) is 0 Å². The molecule has 2 heterocycles.